The van der Waals surface area contributed by atoms with E-state index in [1.165, 1.54) is 0 Å². The van der Waals surface area contributed by atoms with Gasteiger partial charge in [-0.3, -0.25) is 0 Å². The van der Waals surface area contributed by atoms with E-state index in [-0.39, 0.29) is 18.3 Å². The molecule has 4 nitrogen and oxygen atoms in total. The van der Waals surface area contributed by atoms with Gasteiger partial charge in [0.15, 0.2) is 0 Å². The van der Waals surface area contributed by atoms with Gasteiger partial charge in [-0.2, -0.15) is 0 Å². The van der Waals surface area contributed by atoms with Crippen molar-refractivity contribution in [1.82, 2.24) is 4.72 Å². The first kappa shape index (κ1) is 12.2. The summed E-state index contributed by atoms with van der Waals surface area (Å²) in [6.07, 6.45) is 0. The molecule has 0 saturated heterocycles. The zero-order chi connectivity index (χ0) is 11.3. The van der Waals surface area contributed by atoms with Crippen molar-refractivity contribution in [2.24, 2.45) is 5.73 Å². The molecular weight excluding hydrogens is 212 g/mol. The van der Waals surface area contributed by atoms with Gasteiger partial charge in [0.05, 0.1) is 5.75 Å². The summed E-state index contributed by atoms with van der Waals surface area (Å²) in [5.41, 5.74) is 6.24. The minimum atomic E-state index is -3.26. The summed E-state index contributed by atoms with van der Waals surface area (Å²) in [6.45, 7) is 2.03. The summed E-state index contributed by atoms with van der Waals surface area (Å²) in [5, 5.41) is 0. The molecule has 0 radical (unpaired) electrons. The van der Waals surface area contributed by atoms with Crippen molar-refractivity contribution in [3.05, 3.63) is 35.9 Å². The maximum atomic E-state index is 11.5. The van der Waals surface area contributed by atoms with E-state index in [0.717, 1.165) is 5.56 Å². The van der Waals surface area contributed by atoms with Crippen LogP contribution < -0.4 is 10.5 Å². The predicted octanol–water partition coefficient (Wildman–Crippen LogP) is 0.453. The second kappa shape index (κ2) is 5.25. The summed E-state index contributed by atoms with van der Waals surface area (Å²) < 4.78 is 25.5. The van der Waals surface area contributed by atoms with Crippen molar-refractivity contribution in [2.75, 3.05) is 6.54 Å². The highest BCUT2D eigenvalue weighted by Crippen LogP contribution is 2.03. The smallest absolute Gasteiger partial charge is 0.215 e. The molecule has 1 unspecified atom stereocenters. The van der Waals surface area contributed by atoms with Crippen LogP contribution >= 0.6 is 0 Å². The van der Waals surface area contributed by atoms with Crippen LogP contribution in [-0.4, -0.2) is 21.0 Å². The first-order valence-electron chi connectivity index (χ1n) is 4.76. The van der Waals surface area contributed by atoms with E-state index >= 15 is 0 Å². The van der Waals surface area contributed by atoms with Crippen molar-refractivity contribution >= 4 is 10.0 Å². The minimum Gasteiger partial charge on any atom is -0.327 e. The Morgan fingerprint density at radius 3 is 2.47 bits per heavy atom. The number of hydrogen-bond donors (Lipinski definition) is 2. The number of hydrogen-bond acceptors (Lipinski definition) is 3. The molecule has 15 heavy (non-hydrogen) atoms. The van der Waals surface area contributed by atoms with Crippen molar-refractivity contribution in [2.45, 2.75) is 18.7 Å². The molecule has 0 aliphatic heterocycles. The van der Waals surface area contributed by atoms with E-state index in [1.807, 2.05) is 18.2 Å². The zero-order valence-corrected chi connectivity index (χ0v) is 9.50. The SMILES string of the molecule is CC(N)CNS(=O)(=O)Cc1ccccc1. The molecule has 3 N–H and O–H groups in total. The fraction of sp³-hybridized carbons (Fsp3) is 0.400. The molecular formula is C10H16N2O2S. The molecule has 0 amide bonds. The third-order valence-electron chi connectivity index (χ3n) is 1.82. The van der Waals surface area contributed by atoms with Gasteiger partial charge >= 0.3 is 0 Å². The van der Waals surface area contributed by atoms with E-state index in [4.69, 9.17) is 5.73 Å². The first-order valence-corrected chi connectivity index (χ1v) is 6.42. The number of sulfonamides is 1. The molecule has 84 valence electrons. The third kappa shape index (κ3) is 4.92. The molecule has 1 aromatic rings. The Bertz CT molecular complexity index is 387. The molecule has 0 saturated carbocycles. The highest BCUT2D eigenvalue weighted by atomic mass is 32.2. The Morgan fingerprint density at radius 2 is 1.93 bits per heavy atom. The lowest BCUT2D eigenvalue weighted by atomic mass is 10.2. The van der Waals surface area contributed by atoms with E-state index in [9.17, 15) is 8.42 Å². The maximum Gasteiger partial charge on any atom is 0.215 e. The fourth-order valence-electron chi connectivity index (χ4n) is 1.10. The van der Waals surface area contributed by atoms with Gasteiger partial charge < -0.3 is 5.73 Å². The van der Waals surface area contributed by atoms with Gasteiger partial charge in [0.2, 0.25) is 10.0 Å². The van der Waals surface area contributed by atoms with Gasteiger partial charge in [-0.15, -0.1) is 0 Å². The van der Waals surface area contributed by atoms with Gasteiger partial charge in [0.1, 0.15) is 0 Å². The fourth-order valence-corrected chi connectivity index (χ4v) is 2.35. The molecule has 0 heterocycles. The lowest BCUT2D eigenvalue weighted by Gasteiger charge is -2.08. The summed E-state index contributed by atoms with van der Waals surface area (Å²) in [5.74, 6) is 0.000556. The summed E-state index contributed by atoms with van der Waals surface area (Å²) in [7, 11) is -3.26. The van der Waals surface area contributed by atoms with E-state index in [2.05, 4.69) is 4.72 Å². The number of benzene rings is 1. The molecule has 0 bridgehead atoms. The van der Waals surface area contributed by atoms with Crippen LogP contribution in [0.25, 0.3) is 0 Å². The number of nitrogens with one attached hydrogen (secondary N) is 1. The molecule has 0 aliphatic rings. The van der Waals surface area contributed by atoms with Crippen molar-refractivity contribution in [3.8, 4) is 0 Å². The molecule has 0 aliphatic carbocycles. The van der Waals surface area contributed by atoms with E-state index in [1.54, 1.807) is 19.1 Å². The van der Waals surface area contributed by atoms with Gasteiger partial charge in [-0.05, 0) is 12.5 Å². The van der Waals surface area contributed by atoms with Crippen LogP contribution in [0.1, 0.15) is 12.5 Å². The van der Waals surface area contributed by atoms with Crippen molar-refractivity contribution in [1.29, 1.82) is 0 Å². The Balaban J connectivity index is 2.57. The van der Waals surface area contributed by atoms with Crippen LogP contribution in [0.5, 0.6) is 0 Å². The maximum absolute atomic E-state index is 11.5. The monoisotopic (exact) mass is 228 g/mol. The van der Waals surface area contributed by atoms with Gasteiger partial charge in [0.25, 0.3) is 0 Å². The summed E-state index contributed by atoms with van der Waals surface area (Å²) >= 11 is 0. The highest BCUT2D eigenvalue weighted by molar-refractivity contribution is 7.88. The highest BCUT2D eigenvalue weighted by Gasteiger charge is 2.11. The van der Waals surface area contributed by atoms with Crippen molar-refractivity contribution in [3.63, 3.8) is 0 Å². The lowest BCUT2D eigenvalue weighted by Crippen LogP contribution is -2.35. The molecule has 1 rings (SSSR count). The second-order valence-electron chi connectivity index (χ2n) is 3.57. The lowest BCUT2D eigenvalue weighted by molar-refractivity contribution is 0.573. The second-order valence-corrected chi connectivity index (χ2v) is 5.38. The van der Waals surface area contributed by atoms with Gasteiger partial charge in [-0.25, -0.2) is 13.1 Å². The van der Waals surface area contributed by atoms with E-state index in [0.29, 0.717) is 0 Å². The largest absolute Gasteiger partial charge is 0.327 e. The van der Waals surface area contributed by atoms with Gasteiger partial charge in [0, 0.05) is 12.6 Å². The predicted molar refractivity (Wildman–Crippen MR) is 60.7 cm³/mol. The molecule has 5 heteroatoms. The van der Waals surface area contributed by atoms with Gasteiger partial charge in [-0.1, -0.05) is 30.3 Å². The Kier molecular flexibility index (Phi) is 4.26. The Labute approximate surface area is 90.5 Å². The number of nitrogens with two attached hydrogens (primary N) is 1. The summed E-state index contributed by atoms with van der Waals surface area (Å²) in [4.78, 5) is 0. The Morgan fingerprint density at radius 1 is 1.33 bits per heavy atom. The topological polar surface area (TPSA) is 72.2 Å². The molecule has 0 spiro atoms. The van der Waals surface area contributed by atoms with Crippen LogP contribution in [0.2, 0.25) is 0 Å². The molecule has 1 atom stereocenters. The Hall–Kier alpha value is -0.910. The standard InChI is InChI=1S/C10H16N2O2S/c1-9(11)7-12-15(13,14)8-10-5-3-2-4-6-10/h2-6,9,12H,7-8,11H2,1H3. The molecule has 0 fully saturated rings. The van der Waals surface area contributed by atoms with Crippen LogP contribution in [0, 0.1) is 0 Å². The minimum absolute atomic E-state index is 0.000556. The number of rotatable bonds is 5. The first-order chi connectivity index (χ1) is 6.99. The quantitative estimate of drug-likeness (QED) is 0.768. The zero-order valence-electron chi connectivity index (χ0n) is 8.68. The van der Waals surface area contributed by atoms with Crippen LogP contribution in [0.3, 0.4) is 0 Å². The summed E-state index contributed by atoms with van der Waals surface area (Å²) in [6, 6.07) is 8.88. The van der Waals surface area contributed by atoms with E-state index < -0.39 is 10.0 Å². The third-order valence-corrected chi connectivity index (χ3v) is 3.14. The average molecular weight is 228 g/mol. The van der Waals surface area contributed by atoms with Crippen LogP contribution in [-0.2, 0) is 15.8 Å². The molecule has 0 aromatic heterocycles. The van der Waals surface area contributed by atoms with Crippen LogP contribution in [0.15, 0.2) is 30.3 Å². The average Bonchev–Trinajstić information content (AvgIpc) is 2.16. The molecule has 1 aromatic carbocycles. The van der Waals surface area contributed by atoms with Crippen LogP contribution in [0.4, 0.5) is 0 Å². The van der Waals surface area contributed by atoms with Crippen molar-refractivity contribution < 1.29 is 8.42 Å². The normalized spacial score (nSPS) is 13.7.